The lowest BCUT2D eigenvalue weighted by atomic mass is 10.1. The highest BCUT2D eigenvalue weighted by Gasteiger charge is 2.33. The van der Waals surface area contributed by atoms with Gasteiger partial charge in [0.2, 0.25) is 6.79 Å². The van der Waals surface area contributed by atoms with Gasteiger partial charge in [0, 0.05) is 5.22 Å². The zero-order valence-electron chi connectivity index (χ0n) is 12.9. The van der Waals surface area contributed by atoms with E-state index in [4.69, 9.17) is 19.9 Å². The van der Waals surface area contributed by atoms with Gasteiger partial charge in [0.1, 0.15) is 17.3 Å². The molecule has 2 N–H and O–H groups in total. The molecule has 0 saturated heterocycles. The van der Waals surface area contributed by atoms with Crippen molar-refractivity contribution in [3.63, 3.8) is 0 Å². The highest BCUT2D eigenvalue weighted by atomic mass is 16.7. The van der Waals surface area contributed by atoms with Crippen LogP contribution in [0.25, 0.3) is 11.8 Å². The van der Waals surface area contributed by atoms with Crippen molar-refractivity contribution in [2.75, 3.05) is 12.5 Å². The number of anilines is 1. The van der Waals surface area contributed by atoms with Gasteiger partial charge in [-0.2, -0.15) is 0 Å². The largest absolute Gasteiger partial charge is 0.455 e. The van der Waals surface area contributed by atoms with Gasteiger partial charge in [-0.05, 0) is 53.8 Å². The first-order chi connectivity index (χ1) is 11.8. The van der Waals surface area contributed by atoms with Crippen LogP contribution in [0.2, 0.25) is 0 Å². The van der Waals surface area contributed by atoms with E-state index in [1.807, 2.05) is 18.2 Å². The van der Waals surface area contributed by atoms with Crippen LogP contribution in [-0.4, -0.2) is 11.8 Å². The molecule has 1 fully saturated rings. The third kappa shape index (κ3) is 2.29. The minimum atomic E-state index is 0.262. The average Bonchev–Trinajstić information content (AvgIpc) is 3.13. The minimum absolute atomic E-state index is 0.262. The highest BCUT2D eigenvalue weighted by molar-refractivity contribution is 5.59. The van der Waals surface area contributed by atoms with Crippen molar-refractivity contribution in [1.29, 1.82) is 0 Å². The number of rotatable bonds is 2. The SMILES string of the molecule is Nc1ccc(OC2=c3/cc4c(c/c3=C\C3CC3/C=C\2)OCO4)cn1. The van der Waals surface area contributed by atoms with Gasteiger partial charge in [-0.1, -0.05) is 12.2 Å². The van der Waals surface area contributed by atoms with Crippen LogP contribution >= 0.6 is 0 Å². The predicted octanol–water partition coefficient (Wildman–Crippen LogP) is 1.57. The van der Waals surface area contributed by atoms with Gasteiger partial charge >= 0.3 is 0 Å². The van der Waals surface area contributed by atoms with Crippen molar-refractivity contribution in [3.8, 4) is 17.2 Å². The first-order valence-electron chi connectivity index (χ1n) is 8.00. The lowest BCUT2D eigenvalue weighted by Gasteiger charge is -2.09. The lowest BCUT2D eigenvalue weighted by molar-refractivity contribution is 0.174. The molecule has 2 unspecified atom stereocenters. The van der Waals surface area contributed by atoms with Crippen molar-refractivity contribution in [3.05, 3.63) is 53.1 Å². The molecule has 3 aliphatic rings. The molecule has 24 heavy (non-hydrogen) atoms. The summed E-state index contributed by atoms with van der Waals surface area (Å²) in [6.45, 7) is 0.262. The lowest BCUT2D eigenvalue weighted by Crippen LogP contribution is -2.29. The molecule has 2 heterocycles. The summed E-state index contributed by atoms with van der Waals surface area (Å²) in [4.78, 5) is 4.09. The topological polar surface area (TPSA) is 66.6 Å². The van der Waals surface area contributed by atoms with Crippen molar-refractivity contribution in [2.24, 2.45) is 11.8 Å². The Bertz CT molecular complexity index is 963. The van der Waals surface area contributed by atoms with Gasteiger partial charge in [-0.15, -0.1) is 0 Å². The summed E-state index contributed by atoms with van der Waals surface area (Å²) in [6, 6.07) is 7.57. The molecule has 5 heteroatoms. The summed E-state index contributed by atoms with van der Waals surface area (Å²) in [5.41, 5.74) is 5.64. The zero-order valence-corrected chi connectivity index (χ0v) is 12.9. The standard InChI is InChI=1S/C19H16N2O3/c20-19-4-2-14(9-21-19)24-16-3-1-11-5-12(11)6-13-7-17-18(8-15(13)16)23-10-22-17/h1-4,6-9,11-12H,5,10H2,(H2,20,21)/b3-1-,13-6+,16-15-. The second kappa shape index (κ2) is 5.03. The molecule has 2 aromatic rings. The quantitative estimate of drug-likeness (QED) is 0.910. The molecule has 2 atom stereocenters. The Balaban J connectivity index is 1.69. The maximum Gasteiger partial charge on any atom is 0.231 e. The molecule has 5 rings (SSSR count). The maximum absolute atomic E-state index is 6.09. The Morgan fingerprint density at radius 3 is 2.83 bits per heavy atom. The minimum Gasteiger partial charge on any atom is -0.455 e. The summed E-state index contributed by atoms with van der Waals surface area (Å²) in [5, 5.41) is 2.12. The predicted molar refractivity (Wildman–Crippen MR) is 89.7 cm³/mol. The van der Waals surface area contributed by atoms with E-state index in [-0.39, 0.29) is 6.79 Å². The fraction of sp³-hybridized carbons (Fsp3) is 0.211. The number of benzene rings is 1. The third-order valence-corrected chi connectivity index (χ3v) is 4.58. The first kappa shape index (κ1) is 13.5. The zero-order chi connectivity index (χ0) is 16.1. The van der Waals surface area contributed by atoms with Crippen molar-refractivity contribution >= 4 is 17.7 Å². The normalized spacial score (nSPS) is 27.8. The van der Waals surface area contributed by atoms with E-state index < -0.39 is 0 Å². The smallest absolute Gasteiger partial charge is 0.231 e. The van der Waals surface area contributed by atoms with Gasteiger partial charge in [0.25, 0.3) is 0 Å². The van der Waals surface area contributed by atoms with Crippen LogP contribution in [0.4, 0.5) is 5.82 Å². The number of nitrogen functional groups attached to an aromatic ring is 1. The van der Waals surface area contributed by atoms with Gasteiger partial charge in [0.15, 0.2) is 11.5 Å². The Labute approximate surface area is 138 Å². The third-order valence-electron chi connectivity index (χ3n) is 4.58. The molecule has 0 bridgehead atoms. The summed E-state index contributed by atoms with van der Waals surface area (Å²) in [5.74, 6) is 4.63. The van der Waals surface area contributed by atoms with Gasteiger partial charge < -0.3 is 19.9 Å². The number of fused-ring (bicyclic) bond motifs is 3. The molecule has 0 radical (unpaired) electrons. The first-order valence-corrected chi connectivity index (χ1v) is 8.00. The maximum atomic E-state index is 6.09. The Hall–Kier alpha value is -2.95. The molecule has 5 nitrogen and oxygen atoms in total. The van der Waals surface area contributed by atoms with Crippen LogP contribution in [-0.2, 0) is 0 Å². The Morgan fingerprint density at radius 1 is 1.12 bits per heavy atom. The average molecular weight is 320 g/mol. The molecule has 0 spiro atoms. The number of nitrogens with zero attached hydrogens (tertiary/aromatic N) is 1. The van der Waals surface area contributed by atoms with Crippen molar-refractivity contribution in [1.82, 2.24) is 4.98 Å². The van der Waals surface area contributed by atoms with E-state index in [9.17, 15) is 0 Å². The summed E-state index contributed by atoms with van der Waals surface area (Å²) < 4.78 is 17.1. The Kier molecular flexibility index (Phi) is 2.82. The van der Waals surface area contributed by atoms with Crippen LogP contribution < -0.4 is 30.4 Å². The molecular weight excluding hydrogens is 304 g/mol. The van der Waals surface area contributed by atoms with E-state index in [1.54, 1.807) is 12.3 Å². The Morgan fingerprint density at radius 2 is 2.00 bits per heavy atom. The summed E-state index contributed by atoms with van der Waals surface area (Å²) in [7, 11) is 0. The van der Waals surface area contributed by atoms with Crippen LogP contribution in [0.3, 0.4) is 0 Å². The number of ether oxygens (including phenoxy) is 3. The van der Waals surface area contributed by atoms with Crippen LogP contribution in [0.15, 0.2) is 42.6 Å². The fourth-order valence-corrected chi connectivity index (χ4v) is 3.16. The van der Waals surface area contributed by atoms with Crippen LogP contribution in [0.1, 0.15) is 6.42 Å². The molecule has 1 aliphatic heterocycles. The number of allylic oxidation sites excluding steroid dienone is 1. The second-order valence-electron chi connectivity index (χ2n) is 6.27. The number of aromatic nitrogens is 1. The molecule has 0 amide bonds. The molecule has 1 saturated carbocycles. The van der Waals surface area contributed by atoms with E-state index >= 15 is 0 Å². The van der Waals surface area contributed by atoms with Crippen LogP contribution in [0, 0.1) is 11.8 Å². The van der Waals surface area contributed by atoms with Gasteiger partial charge in [-0.3, -0.25) is 0 Å². The van der Waals surface area contributed by atoms with E-state index in [1.165, 1.54) is 6.42 Å². The number of hydrogen-bond donors (Lipinski definition) is 1. The summed E-state index contributed by atoms with van der Waals surface area (Å²) in [6.07, 6.45) is 9.38. The van der Waals surface area contributed by atoms with E-state index in [0.29, 0.717) is 23.4 Å². The number of pyridine rings is 1. The van der Waals surface area contributed by atoms with Crippen molar-refractivity contribution in [2.45, 2.75) is 6.42 Å². The number of hydrogen-bond acceptors (Lipinski definition) is 5. The highest BCUT2D eigenvalue weighted by Crippen LogP contribution is 2.41. The molecule has 2 aliphatic carbocycles. The number of nitrogens with two attached hydrogens (primary N) is 1. The fourth-order valence-electron chi connectivity index (χ4n) is 3.16. The van der Waals surface area contributed by atoms with Gasteiger partial charge in [0.05, 0.1) is 6.20 Å². The molecule has 1 aromatic heterocycles. The second-order valence-corrected chi connectivity index (χ2v) is 6.27. The van der Waals surface area contributed by atoms with Gasteiger partial charge in [-0.25, -0.2) is 4.98 Å². The molecule has 1 aromatic carbocycles. The van der Waals surface area contributed by atoms with Crippen LogP contribution in [0.5, 0.6) is 17.2 Å². The van der Waals surface area contributed by atoms with Crippen molar-refractivity contribution < 1.29 is 14.2 Å². The molecular formula is C19H16N2O3. The molecule has 120 valence electrons. The van der Waals surface area contributed by atoms with E-state index in [0.717, 1.165) is 27.7 Å². The summed E-state index contributed by atoms with van der Waals surface area (Å²) >= 11 is 0. The van der Waals surface area contributed by atoms with E-state index in [2.05, 4.69) is 23.2 Å². The monoisotopic (exact) mass is 320 g/mol.